The van der Waals surface area contributed by atoms with E-state index >= 15 is 0 Å². The highest BCUT2D eigenvalue weighted by Crippen LogP contribution is 2.28. The Balaban J connectivity index is 2.06. The summed E-state index contributed by atoms with van der Waals surface area (Å²) in [6.07, 6.45) is 5.11. The Morgan fingerprint density at radius 1 is 1.67 bits per heavy atom. The van der Waals surface area contributed by atoms with Crippen LogP contribution in [0.15, 0.2) is 5.51 Å². The van der Waals surface area contributed by atoms with Gasteiger partial charge in [0, 0.05) is 17.4 Å². The molecule has 1 aromatic heterocycles. The summed E-state index contributed by atoms with van der Waals surface area (Å²) in [5.74, 6) is 0. The summed E-state index contributed by atoms with van der Waals surface area (Å²) >= 11 is 5.29. The van der Waals surface area contributed by atoms with Crippen LogP contribution in [0.4, 0.5) is 5.13 Å². The second-order valence-electron chi connectivity index (χ2n) is 4.08. The minimum Gasteiger partial charge on any atom is -0.344 e. The number of nitrogens with zero attached hydrogens (tertiary/aromatic N) is 3. The first-order valence-electron chi connectivity index (χ1n) is 5.44. The number of hydrogen-bond donors (Lipinski definition) is 0. The van der Waals surface area contributed by atoms with Crippen LogP contribution in [0, 0.1) is 0 Å². The molecule has 15 heavy (non-hydrogen) atoms. The molecule has 1 fully saturated rings. The topological polar surface area (TPSA) is 29.0 Å². The molecule has 0 radical (unpaired) electrons. The van der Waals surface area contributed by atoms with E-state index < -0.39 is 0 Å². The van der Waals surface area contributed by atoms with Crippen molar-refractivity contribution in [1.82, 2.24) is 10.2 Å². The highest BCUT2D eigenvalue weighted by Gasteiger charge is 2.25. The predicted octanol–water partition coefficient (Wildman–Crippen LogP) is 3.07. The SMILES string of the molecule is CC(Br)CC1CCCCN1c1nncs1. The molecule has 0 saturated carbocycles. The van der Waals surface area contributed by atoms with Gasteiger partial charge < -0.3 is 4.90 Å². The number of anilines is 1. The number of rotatable bonds is 3. The van der Waals surface area contributed by atoms with E-state index in [1.54, 1.807) is 11.3 Å². The van der Waals surface area contributed by atoms with Crippen molar-refractivity contribution in [1.29, 1.82) is 0 Å². The molecule has 1 saturated heterocycles. The van der Waals surface area contributed by atoms with E-state index in [2.05, 4.69) is 38.0 Å². The van der Waals surface area contributed by atoms with Gasteiger partial charge in [0.1, 0.15) is 5.51 Å². The highest BCUT2D eigenvalue weighted by atomic mass is 79.9. The molecule has 5 heteroatoms. The quantitative estimate of drug-likeness (QED) is 0.801. The van der Waals surface area contributed by atoms with Crippen molar-refractivity contribution in [2.24, 2.45) is 0 Å². The van der Waals surface area contributed by atoms with Crippen molar-refractivity contribution in [3.8, 4) is 0 Å². The van der Waals surface area contributed by atoms with Gasteiger partial charge in [-0.2, -0.15) is 0 Å². The molecule has 0 bridgehead atoms. The summed E-state index contributed by atoms with van der Waals surface area (Å²) in [7, 11) is 0. The number of alkyl halides is 1. The van der Waals surface area contributed by atoms with Crippen molar-refractivity contribution in [2.45, 2.75) is 43.5 Å². The molecule has 84 valence electrons. The van der Waals surface area contributed by atoms with E-state index in [1.807, 2.05) is 5.51 Å². The molecular formula is C10H16BrN3S. The van der Waals surface area contributed by atoms with Gasteiger partial charge in [0.05, 0.1) is 0 Å². The molecule has 0 aromatic carbocycles. The molecule has 1 aliphatic heterocycles. The molecule has 2 atom stereocenters. The van der Waals surface area contributed by atoms with Gasteiger partial charge in [0.15, 0.2) is 0 Å². The molecule has 0 amide bonds. The summed E-state index contributed by atoms with van der Waals surface area (Å²) in [6, 6.07) is 0.640. The standard InChI is InChI=1S/C10H16BrN3S/c1-8(11)6-9-4-2-3-5-14(9)10-13-12-7-15-10/h7-9H,2-6H2,1H3. The monoisotopic (exact) mass is 289 g/mol. The molecular weight excluding hydrogens is 274 g/mol. The average molecular weight is 290 g/mol. The molecule has 2 rings (SSSR count). The zero-order valence-electron chi connectivity index (χ0n) is 8.90. The van der Waals surface area contributed by atoms with Gasteiger partial charge in [0.2, 0.25) is 5.13 Å². The maximum Gasteiger partial charge on any atom is 0.208 e. The molecule has 3 nitrogen and oxygen atoms in total. The predicted molar refractivity (Wildman–Crippen MR) is 67.9 cm³/mol. The van der Waals surface area contributed by atoms with E-state index in [9.17, 15) is 0 Å². The molecule has 2 heterocycles. The van der Waals surface area contributed by atoms with Gasteiger partial charge in [-0.15, -0.1) is 10.2 Å². The minimum absolute atomic E-state index is 0.580. The summed E-state index contributed by atoms with van der Waals surface area (Å²) < 4.78 is 0. The Labute approximate surface area is 103 Å². The van der Waals surface area contributed by atoms with E-state index in [1.165, 1.54) is 25.7 Å². The zero-order valence-corrected chi connectivity index (χ0v) is 11.3. The number of halogens is 1. The van der Waals surface area contributed by atoms with Crippen LogP contribution < -0.4 is 4.90 Å². The molecule has 0 N–H and O–H groups in total. The first-order chi connectivity index (χ1) is 7.27. The fraction of sp³-hybridized carbons (Fsp3) is 0.800. The van der Waals surface area contributed by atoms with Gasteiger partial charge in [0.25, 0.3) is 0 Å². The normalized spacial score (nSPS) is 24.1. The lowest BCUT2D eigenvalue weighted by molar-refractivity contribution is 0.438. The van der Waals surface area contributed by atoms with Crippen LogP contribution in [0.3, 0.4) is 0 Å². The van der Waals surface area contributed by atoms with Gasteiger partial charge in [-0.1, -0.05) is 34.2 Å². The van der Waals surface area contributed by atoms with Crippen molar-refractivity contribution in [3.05, 3.63) is 5.51 Å². The average Bonchev–Trinajstić information content (AvgIpc) is 2.70. The maximum absolute atomic E-state index is 4.18. The molecule has 0 spiro atoms. The number of hydrogen-bond acceptors (Lipinski definition) is 4. The Kier molecular flexibility index (Phi) is 3.97. The molecule has 1 aromatic rings. The van der Waals surface area contributed by atoms with Crippen LogP contribution in [0.25, 0.3) is 0 Å². The fourth-order valence-electron chi connectivity index (χ4n) is 2.16. The smallest absolute Gasteiger partial charge is 0.208 e. The first kappa shape index (κ1) is 11.3. The van der Waals surface area contributed by atoms with Crippen LogP contribution in [0.1, 0.15) is 32.6 Å². The largest absolute Gasteiger partial charge is 0.344 e. The van der Waals surface area contributed by atoms with Gasteiger partial charge in [-0.3, -0.25) is 0 Å². The first-order valence-corrected chi connectivity index (χ1v) is 7.24. The molecule has 1 aliphatic rings. The second-order valence-corrected chi connectivity index (χ2v) is 6.46. The van der Waals surface area contributed by atoms with E-state index in [0.29, 0.717) is 10.9 Å². The van der Waals surface area contributed by atoms with E-state index in [4.69, 9.17) is 0 Å². The third-order valence-corrected chi connectivity index (χ3v) is 3.92. The molecule has 0 aliphatic carbocycles. The third kappa shape index (κ3) is 2.91. The van der Waals surface area contributed by atoms with E-state index in [-0.39, 0.29) is 0 Å². The summed E-state index contributed by atoms with van der Waals surface area (Å²) in [5.41, 5.74) is 1.82. The highest BCUT2D eigenvalue weighted by molar-refractivity contribution is 9.09. The lowest BCUT2D eigenvalue weighted by Crippen LogP contribution is -2.40. The fourth-order valence-corrected chi connectivity index (χ4v) is 3.25. The lowest BCUT2D eigenvalue weighted by atomic mass is 9.99. The van der Waals surface area contributed by atoms with Crippen LogP contribution in [0.2, 0.25) is 0 Å². The van der Waals surface area contributed by atoms with Crippen molar-refractivity contribution in [2.75, 3.05) is 11.4 Å². The summed E-state index contributed by atoms with van der Waals surface area (Å²) in [5, 5.41) is 9.19. The second kappa shape index (κ2) is 5.25. The Morgan fingerprint density at radius 2 is 2.53 bits per heavy atom. The molecule has 2 unspecified atom stereocenters. The number of aromatic nitrogens is 2. The summed E-state index contributed by atoms with van der Waals surface area (Å²) in [6.45, 7) is 3.35. The van der Waals surface area contributed by atoms with Crippen molar-refractivity contribution >= 4 is 32.4 Å². The zero-order chi connectivity index (χ0) is 10.7. The van der Waals surface area contributed by atoms with Crippen molar-refractivity contribution < 1.29 is 0 Å². The van der Waals surface area contributed by atoms with E-state index in [0.717, 1.165) is 11.7 Å². The Bertz CT molecular complexity index is 289. The Hall–Kier alpha value is -0.160. The van der Waals surface area contributed by atoms with Crippen LogP contribution in [0.5, 0.6) is 0 Å². The Morgan fingerprint density at radius 3 is 3.20 bits per heavy atom. The van der Waals surface area contributed by atoms with Crippen LogP contribution >= 0.6 is 27.3 Å². The number of piperidine rings is 1. The van der Waals surface area contributed by atoms with Crippen LogP contribution in [-0.4, -0.2) is 27.6 Å². The lowest BCUT2D eigenvalue weighted by Gasteiger charge is -2.35. The van der Waals surface area contributed by atoms with Crippen molar-refractivity contribution in [3.63, 3.8) is 0 Å². The maximum atomic E-state index is 4.18. The summed E-state index contributed by atoms with van der Waals surface area (Å²) in [4.78, 5) is 3.01. The minimum atomic E-state index is 0.580. The van der Waals surface area contributed by atoms with Gasteiger partial charge in [-0.05, 0) is 25.7 Å². The third-order valence-electron chi connectivity index (χ3n) is 2.82. The van der Waals surface area contributed by atoms with Gasteiger partial charge in [-0.25, -0.2) is 0 Å². The van der Waals surface area contributed by atoms with Crippen LogP contribution in [-0.2, 0) is 0 Å². The van der Waals surface area contributed by atoms with Gasteiger partial charge >= 0.3 is 0 Å².